The van der Waals surface area contributed by atoms with E-state index in [2.05, 4.69) is 476 Å². The van der Waals surface area contributed by atoms with Crippen molar-refractivity contribution < 1.29 is 0 Å². The van der Waals surface area contributed by atoms with Crippen LogP contribution < -0.4 is 20.7 Å². The Labute approximate surface area is 773 Å². The van der Waals surface area contributed by atoms with E-state index in [0.29, 0.717) is 0 Å². The number of pyridine rings is 4. The minimum absolute atomic E-state index is 0.124. The quantitative estimate of drug-likeness (QED) is 0.0956. The molecule has 7 aromatic heterocycles. The highest BCUT2D eigenvalue weighted by Gasteiger charge is 2.48. The number of fused-ring (bicyclic) bond motifs is 22. The maximum atomic E-state index is 5.01. The highest BCUT2D eigenvalue weighted by molar-refractivity contribution is 7.20. The summed E-state index contributed by atoms with van der Waals surface area (Å²) in [5.41, 5.74) is 34.8. The van der Waals surface area contributed by atoms with Crippen LogP contribution in [0.5, 0.6) is 0 Å². The molecule has 0 saturated carbocycles. The average molecular weight is 1720 g/mol. The van der Waals surface area contributed by atoms with E-state index >= 15 is 0 Å². The molecule has 0 amide bonds. The van der Waals surface area contributed by atoms with Gasteiger partial charge in [0.2, 0.25) is 0 Å². The van der Waals surface area contributed by atoms with Crippen LogP contribution in [0.4, 0.5) is 0 Å². The van der Waals surface area contributed by atoms with Crippen molar-refractivity contribution in [1.82, 2.24) is 33.6 Å². The molecule has 0 fully saturated rings. The van der Waals surface area contributed by atoms with Gasteiger partial charge in [-0.05, 0) is 223 Å². The lowest BCUT2D eigenvalue weighted by Crippen LogP contribution is -2.74. The van der Waals surface area contributed by atoms with Gasteiger partial charge in [-0.3, -0.25) is 19.9 Å². The van der Waals surface area contributed by atoms with Gasteiger partial charge in [0.15, 0.2) is 8.07 Å². The summed E-state index contributed by atoms with van der Waals surface area (Å²) in [7, 11) is -2.69. The maximum absolute atomic E-state index is 5.01. The van der Waals surface area contributed by atoms with Crippen molar-refractivity contribution >= 4 is 116 Å². The van der Waals surface area contributed by atoms with Crippen molar-refractivity contribution in [3.8, 4) is 72.7 Å². The van der Waals surface area contributed by atoms with Gasteiger partial charge in [-0.1, -0.05) is 361 Å². The normalized spacial score (nSPS) is 13.4. The molecule has 3 aliphatic rings. The highest BCUT2D eigenvalue weighted by Crippen LogP contribution is 2.59. The van der Waals surface area contributed by atoms with Crippen molar-refractivity contribution in [2.75, 3.05) is 0 Å². The van der Waals surface area contributed by atoms with Crippen molar-refractivity contribution in [2.24, 2.45) is 0 Å². The zero-order valence-electron chi connectivity index (χ0n) is 74.1. The van der Waals surface area contributed by atoms with Crippen LogP contribution in [0.25, 0.3) is 160 Å². The second-order valence-electron chi connectivity index (χ2n) is 36.6. The summed E-state index contributed by atoms with van der Waals surface area (Å²) in [4.78, 5) is 18.6. The number of nitrogens with zero attached hydrogens (tertiary/aromatic N) is 7. The van der Waals surface area contributed by atoms with Gasteiger partial charge in [0, 0.05) is 91.1 Å². The molecular weight excluding hydrogens is 1630 g/mol. The molecular formula is C125H89N7Si. The standard InChI is InChI=1S/C45H29N3.C45H35NSi.C35H25N3/c1-2-8-30(9-3-1)32-15-14-31-16-17-36(27-33(31)26-32)48-43-13-7-5-11-38(43)40-28-39-37-10-4-6-12-41(37)45(42(39)29-44(40)48,34-18-22-46-23-19-34)35-20-24-47-25-21-35;1-45(2)41-27-14-12-25-37(41)39-29-30-40-38-26-13-15-28-42(38)46(44(40)43(39)45)32-17-16-24-36(31-32)47(33-18-6-3-7-19-33,34-20-8-4-9-21-34)35-22-10-5-11-23-35;1-35(2)29-14-8-6-12-25(29)27-16-17-28-26-13-7-9-15-31(26)38(34(28)32(27)35)23-20-30-33(37-21-23)24(18-19-36-30)22-10-4-3-5-11-22/h1-29H;3-31H,1-2H3;3-21H,1-2H3. The summed E-state index contributed by atoms with van der Waals surface area (Å²) in [6.45, 7) is 9.50. The molecule has 0 saturated heterocycles. The van der Waals surface area contributed by atoms with E-state index in [1.165, 1.54) is 192 Å². The van der Waals surface area contributed by atoms with E-state index in [1.807, 2.05) is 43.2 Å². The minimum Gasteiger partial charge on any atom is -0.309 e. The van der Waals surface area contributed by atoms with E-state index in [9.17, 15) is 0 Å². The monoisotopic (exact) mass is 1720 g/mol. The van der Waals surface area contributed by atoms with Crippen LogP contribution in [0.15, 0.2) is 468 Å². The summed E-state index contributed by atoms with van der Waals surface area (Å²) in [5.74, 6) is 0. The lowest BCUT2D eigenvalue weighted by Gasteiger charge is -2.34. The van der Waals surface area contributed by atoms with Gasteiger partial charge >= 0.3 is 0 Å². The molecule has 0 bridgehead atoms. The number of benzene rings is 17. The minimum atomic E-state index is -2.69. The molecule has 0 radical (unpaired) electrons. The number of rotatable bonds is 11. The van der Waals surface area contributed by atoms with Gasteiger partial charge in [0.05, 0.1) is 61.4 Å². The summed E-state index contributed by atoms with van der Waals surface area (Å²) >= 11 is 0. The van der Waals surface area contributed by atoms with Crippen molar-refractivity contribution in [3.63, 3.8) is 0 Å². The predicted octanol–water partition coefficient (Wildman–Crippen LogP) is 27.9. The molecule has 8 heteroatoms. The Morgan fingerprint density at radius 1 is 0.241 bits per heavy atom. The third-order valence-corrected chi connectivity index (χ3v) is 33.8. The zero-order valence-corrected chi connectivity index (χ0v) is 75.1. The van der Waals surface area contributed by atoms with E-state index in [-0.39, 0.29) is 10.8 Å². The maximum Gasteiger partial charge on any atom is 0.179 e. The third-order valence-electron chi connectivity index (χ3n) is 29.0. The number of hydrogen-bond donors (Lipinski definition) is 0. The smallest absolute Gasteiger partial charge is 0.179 e. The van der Waals surface area contributed by atoms with E-state index in [1.54, 1.807) is 0 Å². The number of para-hydroxylation sites is 3. The first-order valence-corrected chi connectivity index (χ1v) is 48.0. The Morgan fingerprint density at radius 3 is 1.25 bits per heavy atom. The van der Waals surface area contributed by atoms with Crippen LogP contribution in [-0.4, -0.2) is 41.7 Å². The molecule has 3 aliphatic carbocycles. The molecule has 0 aliphatic heterocycles. The average Bonchev–Trinajstić information content (AvgIpc) is 1.54. The van der Waals surface area contributed by atoms with Crippen LogP contribution in [0.3, 0.4) is 0 Å². The van der Waals surface area contributed by atoms with Crippen LogP contribution in [0.1, 0.15) is 72.2 Å². The molecule has 27 rings (SSSR count). The Bertz CT molecular complexity index is 8610. The fourth-order valence-corrected chi connectivity index (χ4v) is 28.1. The largest absolute Gasteiger partial charge is 0.309 e. The number of aromatic nitrogens is 7. The molecule has 24 aromatic rings. The van der Waals surface area contributed by atoms with Gasteiger partial charge in [-0.25, -0.2) is 0 Å². The van der Waals surface area contributed by atoms with Gasteiger partial charge in [-0.15, -0.1) is 0 Å². The molecule has 7 heterocycles. The van der Waals surface area contributed by atoms with Crippen molar-refractivity contribution in [1.29, 1.82) is 0 Å². The molecule has 133 heavy (non-hydrogen) atoms. The van der Waals surface area contributed by atoms with Crippen LogP contribution >= 0.6 is 0 Å². The summed E-state index contributed by atoms with van der Waals surface area (Å²) in [5, 5.41) is 15.6. The molecule has 0 atom stereocenters. The molecule has 628 valence electrons. The topological polar surface area (TPSA) is 66.3 Å². The SMILES string of the molecule is CC1(C)c2ccccc2-c2ccc3c4ccccc4n(-c4cccc([Si](c5ccccc5)(c5ccccc5)c5ccccc5)c4)c3c21.CC1(C)c2ccccc2-c2ccc3c4ccccc4n(-c4cnc5c(-c6ccccc6)ccnc5c4)c3c21.c1ccc(-c2ccc3ccc(-n4c5ccccc5c5cc6c(cc54)C(c4ccncc4)(c4ccncc4)c4ccccc4-6)cc3c2)cc1. The van der Waals surface area contributed by atoms with Gasteiger partial charge in [0.1, 0.15) is 0 Å². The van der Waals surface area contributed by atoms with Crippen LogP contribution in [0.2, 0.25) is 0 Å². The van der Waals surface area contributed by atoms with E-state index in [4.69, 9.17) is 9.97 Å². The van der Waals surface area contributed by atoms with Crippen LogP contribution in [-0.2, 0) is 16.2 Å². The highest BCUT2D eigenvalue weighted by atomic mass is 28.3. The first kappa shape index (κ1) is 78.7. The fraction of sp³-hybridized carbons (Fsp3) is 0.0560. The lowest BCUT2D eigenvalue weighted by atomic mass is 9.68. The summed E-state index contributed by atoms with van der Waals surface area (Å²) in [6, 6.07) is 158. The van der Waals surface area contributed by atoms with Gasteiger partial charge in [-0.2, -0.15) is 0 Å². The van der Waals surface area contributed by atoms with Crippen LogP contribution in [0, 0.1) is 0 Å². The molecule has 7 nitrogen and oxygen atoms in total. The van der Waals surface area contributed by atoms with Gasteiger partial charge in [0.25, 0.3) is 0 Å². The second kappa shape index (κ2) is 31.1. The Balaban J connectivity index is 0.000000108. The molecule has 0 spiro atoms. The van der Waals surface area contributed by atoms with E-state index < -0.39 is 13.5 Å². The molecule has 0 N–H and O–H groups in total. The van der Waals surface area contributed by atoms with Crippen molar-refractivity contribution in [3.05, 3.63) is 512 Å². The van der Waals surface area contributed by atoms with Gasteiger partial charge < -0.3 is 13.7 Å². The third kappa shape index (κ3) is 12.1. The molecule has 0 unspecified atom stereocenters. The Morgan fingerprint density at radius 2 is 0.692 bits per heavy atom. The number of hydrogen-bond acceptors (Lipinski definition) is 4. The predicted molar refractivity (Wildman–Crippen MR) is 555 cm³/mol. The zero-order chi connectivity index (χ0) is 88.7. The lowest BCUT2D eigenvalue weighted by molar-refractivity contribution is 0.663. The first-order valence-electron chi connectivity index (χ1n) is 46.0. The van der Waals surface area contributed by atoms with Crippen molar-refractivity contribution in [2.45, 2.75) is 43.9 Å². The van der Waals surface area contributed by atoms with E-state index in [0.717, 1.165) is 33.5 Å². The molecule has 17 aromatic carbocycles. The summed E-state index contributed by atoms with van der Waals surface area (Å²) in [6.07, 6.45) is 11.5. The first-order chi connectivity index (χ1) is 65.5. The fourth-order valence-electron chi connectivity index (χ4n) is 23.3. The Hall–Kier alpha value is -16.5. The second-order valence-corrected chi connectivity index (χ2v) is 40.5. The summed E-state index contributed by atoms with van der Waals surface area (Å²) < 4.78 is 7.41. The Kier molecular flexibility index (Phi) is 18.4.